The standard InChI is InChI=1S/C14H14BrClN2/c1-9-17-14(15)13-7-6-10(8-18(9)13)11-4-2-3-5-12(11)16/h2-5,10H,6-8H2,1H3. The number of aromatic nitrogens is 2. The Hall–Kier alpha value is -0.800. The zero-order valence-electron chi connectivity index (χ0n) is 10.2. The molecule has 18 heavy (non-hydrogen) atoms. The van der Waals surface area contributed by atoms with Gasteiger partial charge in [-0.15, -0.1) is 0 Å². The van der Waals surface area contributed by atoms with E-state index in [1.807, 2.05) is 12.1 Å². The number of halogens is 2. The van der Waals surface area contributed by atoms with E-state index in [9.17, 15) is 0 Å². The van der Waals surface area contributed by atoms with Crippen molar-refractivity contribution in [3.05, 3.63) is 51.0 Å². The summed E-state index contributed by atoms with van der Waals surface area (Å²) in [6.07, 6.45) is 2.19. The van der Waals surface area contributed by atoms with Crippen molar-refractivity contribution >= 4 is 27.5 Å². The number of fused-ring (bicyclic) bond motifs is 1. The van der Waals surface area contributed by atoms with Crippen molar-refractivity contribution in [1.29, 1.82) is 0 Å². The number of hydrogen-bond acceptors (Lipinski definition) is 1. The average Bonchev–Trinajstić information content (AvgIpc) is 2.65. The van der Waals surface area contributed by atoms with Crippen LogP contribution in [0.15, 0.2) is 28.9 Å². The largest absolute Gasteiger partial charge is 0.331 e. The summed E-state index contributed by atoms with van der Waals surface area (Å²) in [6.45, 7) is 3.03. The van der Waals surface area contributed by atoms with E-state index < -0.39 is 0 Å². The normalized spacial score (nSPS) is 18.7. The SMILES string of the molecule is Cc1nc(Br)c2n1CC(c1ccccc1Cl)CC2. The number of hydrogen-bond donors (Lipinski definition) is 0. The van der Waals surface area contributed by atoms with E-state index in [2.05, 4.69) is 44.5 Å². The van der Waals surface area contributed by atoms with E-state index in [1.54, 1.807) is 0 Å². The van der Waals surface area contributed by atoms with Crippen molar-refractivity contribution in [2.75, 3.05) is 0 Å². The molecule has 0 amide bonds. The minimum Gasteiger partial charge on any atom is -0.331 e. The first kappa shape index (κ1) is 12.2. The predicted octanol–water partition coefficient (Wildman–Crippen LogP) is 4.34. The van der Waals surface area contributed by atoms with Crippen LogP contribution in [0.3, 0.4) is 0 Å². The molecule has 0 fully saturated rings. The predicted molar refractivity (Wildman–Crippen MR) is 77.2 cm³/mol. The van der Waals surface area contributed by atoms with Gasteiger partial charge in [0.1, 0.15) is 10.4 Å². The second-order valence-corrected chi connectivity index (χ2v) is 5.92. The third-order valence-corrected chi connectivity index (χ3v) is 4.67. The van der Waals surface area contributed by atoms with Crippen LogP contribution in [0.4, 0.5) is 0 Å². The maximum absolute atomic E-state index is 6.30. The molecule has 1 aromatic carbocycles. The summed E-state index contributed by atoms with van der Waals surface area (Å²) in [6, 6.07) is 8.16. The van der Waals surface area contributed by atoms with E-state index in [-0.39, 0.29) is 0 Å². The minimum absolute atomic E-state index is 0.492. The Bertz CT molecular complexity index is 591. The summed E-state index contributed by atoms with van der Waals surface area (Å²) in [7, 11) is 0. The first-order valence-electron chi connectivity index (χ1n) is 6.12. The van der Waals surface area contributed by atoms with E-state index >= 15 is 0 Å². The topological polar surface area (TPSA) is 17.8 Å². The summed E-state index contributed by atoms with van der Waals surface area (Å²) in [5, 5.41) is 0.878. The highest BCUT2D eigenvalue weighted by Crippen LogP contribution is 2.35. The first-order chi connectivity index (χ1) is 8.66. The fraction of sp³-hybridized carbons (Fsp3) is 0.357. The number of aryl methyl sites for hydroxylation is 1. The van der Waals surface area contributed by atoms with Crippen LogP contribution in [0.25, 0.3) is 0 Å². The lowest BCUT2D eigenvalue weighted by atomic mass is 9.91. The van der Waals surface area contributed by atoms with E-state index in [0.717, 1.165) is 34.8 Å². The molecule has 3 rings (SSSR count). The molecule has 1 aromatic heterocycles. The average molecular weight is 326 g/mol. The van der Waals surface area contributed by atoms with Crippen LogP contribution >= 0.6 is 27.5 Å². The lowest BCUT2D eigenvalue weighted by Crippen LogP contribution is -2.19. The Labute approximate surface area is 120 Å². The molecule has 0 N–H and O–H groups in total. The number of nitrogens with zero attached hydrogens (tertiary/aromatic N) is 2. The minimum atomic E-state index is 0.492. The molecule has 0 bridgehead atoms. The van der Waals surface area contributed by atoms with Crippen LogP contribution in [0.1, 0.15) is 29.4 Å². The van der Waals surface area contributed by atoms with Crippen LogP contribution in [0.2, 0.25) is 5.02 Å². The number of imidazole rings is 1. The third kappa shape index (κ3) is 1.99. The molecular formula is C14H14BrClN2. The van der Waals surface area contributed by atoms with Crippen LogP contribution in [0.5, 0.6) is 0 Å². The van der Waals surface area contributed by atoms with Gasteiger partial charge >= 0.3 is 0 Å². The smallest absolute Gasteiger partial charge is 0.127 e. The van der Waals surface area contributed by atoms with Crippen LogP contribution in [0, 0.1) is 6.92 Å². The molecule has 0 saturated carbocycles. The molecule has 0 saturated heterocycles. The molecular weight excluding hydrogens is 312 g/mol. The Balaban J connectivity index is 1.96. The van der Waals surface area contributed by atoms with Crippen molar-refractivity contribution in [3.8, 4) is 0 Å². The van der Waals surface area contributed by atoms with E-state index in [1.165, 1.54) is 11.3 Å². The van der Waals surface area contributed by atoms with Crippen molar-refractivity contribution in [3.63, 3.8) is 0 Å². The molecule has 0 radical (unpaired) electrons. The van der Waals surface area contributed by atoms with Crippen LogP contribution in [-0.4, -0.2) is 9.55 Å². The molecule has 1 aliphatic rings. The van der Waals surface area contributed by atoms with Crippen LogP contribution < -0.4 is 0 Å². The summed E-state index contributed by atoms with van der Waals surface area (Å²) in [5.74, 6) is 1.57. The van der Waals surface area contributed by atoms with Gasteiger partial charge in [0.05, 0.1) is 5.69 Å². The van der Waals surface area contributed by atoms with Crippen molar-refractivity contribution < 1.29 is 0 Å². The van der Waals surface area contributed by atoms with Gasteiger partial charge in [-0.3, -0.25) is 0 Å². The van der Waals surface area contributed by atoms with E-state index in [0.29, 0.717) is 5.92 Å². The summed E-state index contributed by atoms with van der Waals surface area (Å²) in [4.78, 5) is 4.49. The zero-order chi connectivity index (χ0) is 12.7. The lowest BCUT2D eigenvalue weighted by molar-refractivity contribution is 0.455. The molecule has 0 spiro atoms. The highest BCUT2D eigenvalue weighted by molar-refractivity contribution is 9.10. The molecule has 1 atom stereocenters. The quantitative estimate of drug-likeness (QED) is 0.763. The fourth-order valence-corrected chi connectivity index (χ4v) is 3.70. The Kier molecular flexibility index (Phi) is 3.20. The van der Waals surface area contributed by atoms with Gasteiger partial charge in [0.25, 0.3) is 0 Å². The lowest BCUT2D eigenvalue weighted by Gasteiger charge is -2.26. The Morgan fingerprint density at radius 1 is 1.39 bits per heavy atom. The van der Waals surface area contributed by atoms with Gasteiger partial charge in [-0.2, -0.15) is 0 Å². The second-order valence-electron chi connectivity index (χ2n) is 4.76. The van der Waals surface area contributed by atoms with Crippen LogP contribution in [-0.2, 0) is 13.0 Å². The molecule has 2 heterocycles. The summed E-state index contributed by atoms with van der Waals surface area (Å²) in [5.41, 5.74) is 2.57. The van der Waals surface area contributed by atoms with Gasteiger partial charge in [0, 0.05) is 17.5 Å². The Morgan fingerprint density at radius 2 is 2.17 bits per heavy atom. The van der Waals surface area contributed by atoms with Gasteiger partial charge in [-0.05, 0) is 47.3 Å². The first-order valence-corrected chi connectivity index (χ1v) is 7.30. The number of rotatable bonds is 1. The van der Waals surface area contributed by atoms with Gasteiger partial charge in [-0.1, -0.05) is 29.8 Å². The highest BCUT2D eigenvalue weighted by atomic mass is 79.9. The van der Waals surface area contributed by atoms with Gasteiger partial charge in [-0.25, -0.2) is 4.98 Å². The number of benzene rings is 1. The Morgan fingerprint density at radius 3 is 2.94 bits per heavy atom. The molecule has 2 nitrogen and oxygen atoms in total. The van der Waals surface area contributed by atoms with Crippen molar-refractivity contribution in [2.24, 2.45) is 0 Å². The monoisotopic (exact) mass is 324 g/mol. The third-order valence-electron chi connectivity index (χ3n) is 3.69. The molecule has 0 aliphatic carbocycles. The van der Waals surface area contributed by atoms with Gasteiger partial charge in [0.2, 0.25) is 0 Å². The fourth-order valence-electron chi connectivity index (χ4n) is 2.74. The molecule has 4 heteroatoms. The maximum atomic E-state index is 6.30. The zero-order valence-corrected chi connectivity index (χ0v) is 12.5. The molecule has 1 unspecified atom stereocenters. The molecule has 1 aliphatic heterocycles. The van der Waals surface area contributed by atoms with Gasteiger partial charge < -0.3 is 4.57 Å². The van der Waals surface area contributed by atoms with Crippen molar-refractivity contribution in [1.82, 2.24) is 9.55 Å². The molecule has 94 valence electrons. The maximum Gasteiger partial charge on any atom is 0.127 e. The van der Waals surface area contributed by atoms with E-state index in [4.69, 9.17) is 11.6 Å². The second kappa shape index (κ2) is 4.71. The van der Waals surface area contributed by atoms with Gasteiger partial charge in [0.15, 0.2) is 0 Å². The summed E-state index contributed by atoms with van der Waals surface area (Å²) >= 11 is 9.83. The summed E-state index contributed by atoms with van der Waals surface area (Å²) < 4.78 is 3.30. The van der Waals surface area contributed by atoms with Crippen molar-refractivity contribution in [2.45, 2.75) is 32.2 Å². The molecule has 2 aromatic rings. The highest BCUT2D eigenvalue weighted by Gasteiger charge is 2.25.